The second-order valence-electron chi connectivity index (χ2n) is 5.59. The smallest absolute Gasteiger partial charge is 0.130 e. The summed E-state index contributed by atoms with van der Waals surface area (Å²) in [5.41, 5.74) is 1.05. The topological polar surface area (TPSA) is 37.8 Å². The third-order valence-corrected chi connectivity index (χ3v) is 3.86. The molecular weight excluding hydrogens is 222 g/mol. The summed E-state index contributed by atoms with van der Waals surface area (Å²) in [4.78, 5) is 8.77. The Balaban J connectivity index is 1.87. The Morgan fingerprint density at radius 2 is 1.89 bits per heavy atom. The number of aryl methyl sites for hydroxylation is 2. The Hall–Kier alpha value is -1.12. The van der Waals surface area contributed by atoms with Crippen molar-refractivity contribution in [3.63, 3.8) is 0 Å². The minimum atomic E-state index is 0.604. The van der Waals surface area contributed by atoms with Gasteiger partial charge in [0.25, 0.3) is 0 Å². The average molecular weight is 247 g/mol. The number of aromatic nitrogens is 2. The standard InChI is InChI=1S/C15H25N3/c1-4-5-13-6-8-14(9-7-13)18-15-10-11(2)16-12(3)17-15/h10,13-14H,4-9H2,1-3H3,(H,16,17,18). The van der Waals surface area contributed by atoms with Crippen LogP contribution in [0.4, 0.5) is 5.82 Å². The molecule has 1 aliphatic rings. The van der Waals surface area contributed by atoms with Crippen LogP contribution < -0.4 is 5.32 Å². The largest absolute Gasteiger partial charge is 0.367 e. The monoisotopic (exact) mass is 247 g/mol. The second-order valence-corrected chi connectivity index (χ2v) is 5.59. The predicted molar refractivity (Wildman–Crippen MR) is 75.8 cm³/mol. The van der Waals surface area contributed by atoms with Gasteiger partial charge in [0.1, 0.15) is 11.6 Å². The molecule has 0 amide bonds. The van der Waals surface area contributed by atoms with Crippen LogP contribution in [-0.2, 0) is 0 Å². The van der Waals surface area contributed by atoms with Gasteiger partial charge in [-0.05, 0) is 45.4 Å². The summed E-state index contributed by atoms with van der Waals surface area (Å²) in [6.45, 7) is 6.27. The van der Waals surface area contributed by atoms with Crippen LogP contribution in [0.1, 0.15) is 57.0 Å². The van der Waals surface area contributed by atoms with Gasteiger partial charge in [0.05, 0.1) is 0 Å². The zero-order chi connectivity index (χ0) is 13.0. The van der Waals surface area contributed by atoms with Gasteiger partial charge in [0.2, 0.25) is 0 Å². The van der Waals surface area contributed by atoms with Crippen LogP contribution in [0.5, 0.6) is 0 Å². The van der Waals surface area contributed by atoms with Gasteiger partial charge in [0.15, 0.2) is 0 Å². The van der Waals surface area contributed by atoms with E-state index in [4.69, 9.17) is 0 Å². The maximum atomic E-state index is 4.46. The molecule has 0 saturated heterocycles. The normalized spacial score (nSPS) is 23.9. The molecule has 2 rings (SSSR count). The van der Waals surface area contributed by atoms with Crippen LogP contribution in [0.2, 0.25) is 0 Å². The first-order chi connectivity index (χ1) is 8.67. The predicted octanol–water partition coefficient (Wildman–Crippen LogP) is 3.86. The summed E-state index contributed by atoms with van der Waals surface area (Å²) in [7, 11) is 0. The lowest BCUT2D eigenvalue weighted by Crippen LogP contribution is -2.26. The quantitative estimate of drug-likeness (QED) is 0.877. The minimum Gasteiger partial charge on any atom is -0.367 e. The summed E-state index contributed by atoms with van der Waals surface area (Å²) in [5, 5.41) is 3.57. The molecule has 1 aliphatic carbocycles. The number of hydrogen-bond donors (Lipinski definition) is 1. The first-order valence-electron chi connectivity index (χ1n) is 7.26. The van der Waals surface area contributed by atoms with E-state index in [2.05, 4.69) is 22.2 Å². The Morgan fingerprint density at radius 1 is 1.17 bits per heavy atom. The molecular formula is C15H25N3. The number of nitrogens with one attached hydrogen (secondary N) is 1. The van der Waals surface area contributed by atoms with Crippen LogP contribution >= 0.6 is 0 Å². The first kappa shape index (κ1) is 13.3. The Kier molecular flexibility index (Phi) is 4.56. The SMILES string of the molecule is CCCC1CCC(Nc2cc(C)nc(C)n2)CC1. The molecule has 3 nitrogen and oxygen atoms in total. The van der Waals surface area contributed by atoms with Crippen LogP contribution in [0, 0.1) is 19.8 Å². The van der Waals surface area contributed by atoms with E-state index in [-0.39, 0.29) is 0 Å². The van der Waals surface area contributed by atoms with E-state index >= 15 is 0 Å². The first-order valence-corrected chi connectivity index (χ1v) is 7.26. The molecule has 1 saturated carbocycles. The fourth-order valence-electron chi connectivity index (χ4n) is 3.00. The molecule has 1 heterocycles. The van der Waals surface area contributed by atoms with Crippen molar-refractivity contribution in [2.24, 2.45) is 5.92 Å². The molecule has 0 atom stereocenters. The highest BCUT2D eigenvalue weighted by atomic mass is 15.0. The minimum absolute atomic E-state index is 0.604. The lowest BCUT2D eigenvalue weighted by molar-refractivity contribution is 0.318. The maximum absolute atomic E-state index is 4.46. The molecule has 0 spiro atoms. The summed E-state index contributed by atoms with van der Waals surface area (Å²) < 4.78 is 0. The second kappa shape index (κ2) is 6.17. The molecule has 1 aromatic heterocycles. The fourth-order valence-corrected chi connectivity index (χ4v) is 3.00. The molecule has 3 heteroatoms. The summed E-state index contributed by atoms with van der Waals surface area (Å²) >= 11 is 0. The molecule has 0 radical (unpaired) electrons. The number of rotatable bonds is 4. The highest BCUT2D eigenvalue weighted by molar-refractivity contribution is 5.36. The maximum Gasteiger partial charge on any atom is 0.130 e. The van der Waals surface area contributed by atoms with Crippen molar-refractivity contribution in [2.75, 3.05) is 5.32 Å². The van der Waals surface area contributed by atoms with Crippen molar-refractivity contribution in [2.45, 2.75) is 65.3 Å². The van der Waals surface area contributed by atoms with Gasteiger partial charge in [-0.1, -0.05) is 19.8 Å². The van der Waals surface area contributed by atoms with E-state index in [0.717, 1.165) is 23.3 Å². The molecule has 0 unspecified atom stereocenters. The van der Waals surface area contributed by atoms with Crippen molar-refractivity contribution >= 4 is 5.82 Å². The molecule has 1 aromatic rings. The lowest BCUT2D eigenvalue weighted by Gasteiger charge is -2.29. The molecule has 18 heavy (non-hydrogen) atoms. The van der Waals surface area contributed by atoms with Crippen molar-refractivity contribution in [3.8, 4) is 0 Å². The summed E-state index contributed by atoms with van der Waals surface area (Å²) in [5.74, 6) is 2.82. The van der Waals surface area contributed by atoms with E-state index in [9.17, 15) is 0 Å². The lowest BCUT2D eigenvalue weighted by atomic mass is 9.83. The van der Waals surface area contributed by atoms with E-state index < -0.39 is 0 Å². The van der Waals surface area contributed by atoms with Gasteiger partial charge in [-0.2, -0.15) is 0 Å². The van der Waals surface area contributed by atoms with Gasteiger partial charge < -0.3 is 5.32 Å². The third kappa shape index (κ3) is 3.69. The fraction of sp³-hybridized carbons (Fsp3) is 0.733. The highest BCUT2D eigenvalue weighted by Crippen LogP contribution is 2.29. The number of hydrogen-bond acceptors (Lipinski definition) is 3. The Bertz CT molecular complexity index is 361. The van der Waals surface area contributed by atoms with Gasteiger partial charge in [-0.25, -0.2) is 9.97 Å². The van der Waals surface area contributed by atoms with Crippen LogP contribution in [0.25, 0.3) is 0 Å². The van der Waals surface area contributed by atoms with E-state index in [1.54, 1.807) is 0 Å². The molecule has 100 valence electrons. The van der Waals surface area contributed by atoms with Crippen molar-refractivity contribution in [1.82, 2.24) is 9.97 Å². The highest BCUT2D eigenvalue weighted by Gasteiger charge is 2.20. The molecule has 0 aliphatic heterocycles. The van der Waals surface area contributed by atoms with E-state index in [1.807, 2.05) is 19.9 Å². The van der Waals surface area contributed by atoms with Crippen molar-refractivity contribution < 1.29 is 0 Å². The zero-order valence-electron chi connectivity index (χ0n) is 11.9. The van der Waals surface area contributed by atoms with Crippen LogP contribution in [0.3, 0.4) is 0 Å². The third-order valence-electron chi connectivity index (χ3n) is 3.86. The Morgan fingerprint density at radius 3 is 2.50 bits per heavy atom. The Labute approximate surface area is 110 Å². The molecule has 0 bridgehead atoms. The summed E-state index contributed by atoms with van der Waals surface area (Å²) in [6.07, 6.45) is 8.04. The average Bonchev–Trinajstić information content (AvgIpc) is 2.31. The van der Waals surface area contributed by atoms with E-state index in [1.165, 1.54) is 38.5 Å². The molecule has 1 fully saturated rings. The number of anilines is 1. The van der Waals surface area contributed by atoms with Crippen LogP contribution in [-0.4, -0.2) is 16.0 Å². The van der Waals surface area contributed by atoms with Crippen LogP contribution in [0.15, 0.2) is 6.07 Å². The van der Waals surface area contributed by atoms with Gasteiger partial charge in [0, 0.05) is 17.8 Å². The zero-order valence-corrected chi connectivity index (χ0v) is 11.9. The van der Waals surface area contributed by atoms with E-state index in [0.29, 0.717) is 6.04 Å². The van der Waals surface area contributed by atoms with Crippen molar-refractivity contribution in [1.29, 1.82) is 0 Å². The van der Waals surface area contributed by atoms with Crippen molar-refractivity contribution in [3.05, 3.63) is 17.6 Å². The van der Waals surface area contributed by atoms with Gasteiger partial charge in [-0.15, -0.1) is 0 Å². The van der Waals surface area contributed by atoms with Gasteiger partial charge in [-0.3, -0.25) is 0 Å². The number of nitrogens with zero attached hydrogens (tertiary/aromatic N) is 2. The van der Waals surface area contributed by atoms with Gasteiger partial charge >= 0.3 is 0 Å². The molecule has 1 N–H and O–H groups in total. The summed E-state index contributed by atoms with van der Waals surface area (Å²) in [6, 6.07) is 2.65. The molecule has 0 aromatic carbocycles.